The van der Waals surface area contributed by atoms with Crippen LogP contribution in [0.2, 0.25) is 0 Å². The summed E-state index contributed by atoms with van der Waals surface area (Å²) in [5.74, 6) is 0.190. The topological polar surface area (TPSA) is 81.3 Å². The Hall–Kier alpha value is -1.69. The minimum Gasteiger partial charge on any atom is -0.382 e. The zero-order valence-electron chi connectivity index (χ0n) is 9.09. The van der Waals surface area contributed by atoms with Crippen molar-refractivity contribution in [1.82, 2.24) is 15.1 Å². The van der Waals surface area contributed by atoms with E-state index in [9.17, 15) is 4.79 Å². The Balaban J connectivity index is 2.14. The van der Waals surface area contributed by atoms with Gasteiger partial charge in [0.25, 0.3) is 5.91 Å². The monoisotopic (exact) mass is 222 g/mol. The second kappa shape index (κ2) is 4.44. The largest absolute Gasteiger partial charge is 0.382 e. The van der Waals surface area contributed by atoms with Crippen molar-refractivity contribution < 1.29 is 9.53 Å². The number of anilines is 1. The molecule has 0 aromatic carbocycles. The summed E-state index contributed by atoms with van der Waals surface area (Å²) in [5.41, 5.74) is 5.74. The van der Waals surface area contributed by atoms with E-state index in [-0.39, 0.29) is 11.9 Å². The van der Waals surface area contributed by atoms with E-state index < -0.39 is 0 Å². The van der Waals surface area contributed by atoms with E-state index in [1.807, 2.05) is 6.92 Å². The number of hydrogen-bond acceptors (Lipinski definition) is 5. The van der Waals surface area contributed by atoms with Gasteiger partial charge in [0, 0.05) is 6.54 Å². The number of ether oxygens (including phenoxy) is 1. The van der Waals surface area contributed by atoms with Gasteiger partial charge in [-0.15, -0.1) is 10.2 Å². The number of carbonyl (C=O) groups excluding carboxylic acids is 1. The number of aromatic nitrogens is 2. The third-order valence-corrected chi connectivity index (χ3v) is 2.53. The Labute approximate surface area is 93.4 Å². The van der Waals surface area contributed by atoms with Crippen LogP contribution in [0.1, 0.15) is 17.4 Å². The second-order valence-electron chi connectivity index (χ2n) is 3.77. The van der Waals surface area contributed by atoms with Gasteiger partial charge in [-0.3, -0.25) is 4.79 Å². The van der Waals surface area contributed by atoms with Crippen LogP contribution in [0.4, 0.5) is 5.82 Å². The van der Waals surface area contributed by atoms with Crippen LogP contribution in [0.5, 0.6) is 0 Å². The van der Waals surface area contributed by atoms with Crippen molar-refractivity contribution in [3.8, 4) is 0 Å². The number of carbonyl (C=O) groups is 1. The molecule has 86 valence electrons. The van der Waals surface area contributed by atoms with Crippen molar-refractivity contribution >= 4 is 11.7 Å². The van der Waals surface area contributed by atoms with E-state index in [1.165, 1.54) is 0 Å². The minimum atomic E-state index is -0.122. The quantitative estimate of drug-likeness (QED) is 0.718. The fraction of sp³-hybridized carbons (Fsp3) is 0.500. The molecule has 1 saturated heterocycles. The molecular formula is C10H14N4O2. The molecule has 0 spiro atoms. The van der Waals surface area contributed by atoms with Gasteiger partial charge in [-0.05, 0) is 19.1 Å². The van der Waals surface area contributed by atoms with Gasteiger partial charge in [-0.25, -0.2) is 0 Å². The van der Waals surface area contributed by atoms with Crippen LogP contribution >= 0.6 is 0 Å². The third-order valence-electron chi connectivity index (χ3n) is 2.53. The van der Waals surface area contributed by atoms with Gasteiger partial charge in [0.05, 0.1) is 19.3 Å². The fourth-order valence-electron chi connectivity index (χ4n) is 1.63. The number of nitrogens with zero attached hydrogens (tertiary/aromatic N) is 3. The summed E-state index contributed by atoms with van der Waals surface area (Å²) >= 11 is 0. The maximum atomic E-state index is 12.0. The summed E-state index contributed by atoms with van der Waals surface area (Å²) in [6, 6.07) is 3.23. The van der Waals surface area contributed by atoms with Crippen molar-refractivity contribution in [2.75, 3.05) is 25.5 Å². The van der Waals surface area contributed by atoms with Gasteiger partial charge in [0.15, 0.2) is 5.69 Å². The van der Waals surface area contributed by atoms with Gasteiger partial charge >= 0.3 is 0 Å². The molecule has 2 rings (SSSR count). The lowest BCUT2D eigenvalue weighted by Crippen LogP contribution is -2.47. The SMILES string of the molecule is CC1COCCN1C(=O)c1ccc(N)nn1. The maximum absolute atomic E-state index is 12.0. The molecule has 0 radical (unpaired) electrons. The molecule has 1 aliphatic heterocycles. The molecule has 2 N–H and O–H groups in total. The summed E-state index contributed by atoms with van der Waals surface area (Å²) in [6.07, 6.45) is 0. The van der Waals surface area contributed by atoms with E-state index >= 15 is 0 Å². The highest BCUT2D eigenvalue weighted by molar-refractivity contribution is 5.92. The van der Waals surface area contributed by atoms with Crippen LogP contribution in [0.25, 0.3) is 0 Å². The lowest BCUT2D eigenvalue weighted by atomic mass is 10.2. The number of hydrogen-bond donors (Lipinski definition) is 1. The Morgan fingerprint density at radius 3 is 3.00 bits per heavy atom. The van der Waals surface area contributed by atoms with Gasteiger partial charge < -0.3 is 15.4 Å². The molecule has 0 bridgehead atoms. The molecule has 1 fully saturated rings. The summed E-state index contributed by atoms with van der Waals surface area (Å²) in [7, 11) is 0. The highest BCUT2D eigenvalue weighted by atomic mass is 16.5. The van der Waals surface area contributed by atoms with E-state index in [0.29, 0.717) is 31.3 Å². The second-order valence-corrected chi connectivity index (χ2v) is 3.77. The Kier molecular flexibility index (Phi) is 3.00. The smallest absolute Gasteiger partial charge is 0.274 e. The van der Waals surface area contributed by atoms with Crippen LogP contribution in [0.3, 0.4) is 0 Å². The average molecular weight is 222 g/mol. The summed E-state index contributed by atoms with van der Waals surface area (Å²) in [6.45, 7) is 3.67. The molecule has 1 aromatic rings. The highest BCUT2D eigenvalue weighted by Gasteiger charge is 2.25. The van der Waals surface area contributed by atoms with Gasteiger partial charge in [0.1, 0.15) is 5.82 Å². The van der Waals surface area contributed by atoms with Crippen LogP contribution in [-0.4, -0.2) is 46.8 Å². The molecule has 16 heavy (non-hydrogen) atoms. The van der Waals surface area contributed by atoms with Crippen LogP contribution in [0, 0.1) is 0 Å². The summed E-state index contributed by atoms with van der Waals surface area (Å²) < 4.78 is 5.27. The Bertz CT molecular complexity index is 379. The van der Waals surface area contributed by atoms with E-state index in [2.05, 4.69) is 10.2 Å². The van der Waals surface area contributed by atoms with Crippen molar-refractivity contribution in [2.24, 2.45) is 0 Å². The fourth-order valence-corrected chi connectivity index (χ4v) is 1.63. The molecule has 1 aromatic heterocycles. The zero-order chi connectivity index (χ0) is 11.5. The van der Waals surface area contributed by atoms with Crippen molar-refractivity contribution in [2.45, 2.75) is 13.0 Å². The molecule has 1 unspecified atom stereocenters. The maximum Gasteiger partial charge on any atom is 0.274 e. The van der Waals surface area contributed by atoms with E-state index in [1.54, 1.807) is 17.0 Å². The van der Waals surface area contributed by atoms with Crippen LogP contribution < -0.4 is 5.73 Å². The first-order valence-corrected chi connectivity index (χ1v) is 5.16. The third kappa shape index (κ3) is 2.11. The number of nitrogens with two attached hydrogens (primary N) is 1. The molecule has 1 atom stereocenters. The van der Waals surface area contributed by atoms with E-state index in [4.69, 9.17) is 10.5 Å². The van der Waals surface area contributed by atoms with Crippen LogP contribution in [0.15, 0.2) is 12.1 Å². The first-order chi connectivity index (χ1) is 7.68. The predicted octanol–water partition coefficient (Wildman–Crippen LogP) is -0.0803. The molecule has 2 heterocycles. The lowest BCUT2D eigenvalue weighted by Gasteiger charge is -2.32. The molecule has 0 saturated carbocycles. The van der Waals surface area contributed by atoms with Crippen LogP contribution in [-0.2, 0) is 4.74 Å². The summed E-state index contributed by atoms with van der Waals surface area (Å²) in [4.78, 5) is 13.8. The molecule has 1 amide bonds. The number of morpholine rings is 1. The molecule has 1 aliphatic rings. The first kappa shape index (κ1) is 10.8. The average Bonchev–Trinajstić information content (AvgIpc) is 2.30. The number of rotatable bonds is 1. The predicted molar refractivity (Wildman–Crippen MR) is 57.8 cm³/mol. The molecule has 6 heteroatoms. The standard InChI is InChI=1S/C10H14N4O2/c1-7-6-16-5-4-14(7)10(15)8-2-3-9(11)13-12-8/h2-3,7H,4-6H2,1H3,(H2,11,13). The first-order valence-electron chi connectivity index (χ1n) is 5.16. The lowest BCUT2D eigenvalue weighted by molar-refractivity contribution is 0.00321. The molecule has 6 nitrogen and oxygen atoms in total. The van der Waals surface area contributed by atoms with Gasteiger partial charge in [-0.2, -0.15) is 0 Å². The Morgan fingerprint density at radius 1 is 1.56 bits per heavy atom. The Morgan fingerprint density at radius 2 is 2.38 bits per heavy atom. The van der Waals surface area contributed by atoms with Crippen molar-refractivity contribution in [3.05, 3.63) is 17.8 Å². The zero-order valence-corrected chi connectivity index (χ0v) is 9.09. The normalized spacial score (nSPS) is 20.8. The highest BCUT2D eigenvalue weighted by Crippen LogP contribution is 2.10. The molecule has 0 aliphatic carbocycles. The summed E-state index contributed by atoms with van der Waals surface area (Å²) in [5, 5.41) is 7.45. The number of nitrogen functional groups attached to an aromatic ring is 1. The number of amides is 1. The minimum absolute atomic E-state index is 0.0700. The van der Waals surface area contributed by atoms with Crippen molar-refractivity contribution in [1.29, 1.82) is 0 Å². The molecular weight excluding hydrogens is 208 g/mol. The van der Waals surface area contributed by atoms with Gasteiger partial charge in [0.2, 0.25) is 0 Å². The van der Waals surface area contributed by atoms with Crippen molar-refractivity contribution in [3.63, 3.8) is 0 Å². The van der Waals surface area contributed by atoms with E-state index in [0.717, 1.165) is 0 Å². The van der Waals surface area contributed by atoms with Gasteiger partial charge in [-0.1, -0.05) is 0 Å².